The van der Waals surface area contributed by atoms with E-state index in [0.29, 0.717) is 0 Å². The number of benzene rings is 1. The first-order valence-electron chi connectivity index (χ1n) is 4.64. The van der Waals surface area contributed by atoms with Crippen molar-refractivity contribution in [3.05, 3.63) is 53.6 Å². The van der Waals surface area contributed by atoms with Gasteiger partial charge in [0, 0.05) is 18.8 Å². The number of aromatic nitrogens is 2. The van der Waals surface area contributed by atoms with Gasteiger partial charge in [-0.3, -0.25) is 4.79 Å². The Balaban J connectivity index is 2.22. The molecule has 0 saturated carbocycles. The lowest BCUT2D eigenvalue weighted by Gasteiger charge is -2.01. The van der Waals surface area contributed by atoms with Gasteiger partial charge in [0.25, 0.3) is 0 Å². The molecule has 1 heterocycles. The molecule has 0 bridgehead atoms. The Morgan fingerprint density at radius 1 is 1.38 bits per heavy atom. The number of rotatable bonds is 3. The number of Topliss-reactive ketones (excluding diaryl/α,β-unsaturated/α-hetero) is 1. The molecule has 1 N–H and O–H groups in total. The predicted molar refractivity (Wildman–Crippen MR) is 53.0 cm³/mol. The summed E-state index contributed by atoms with van der Waals surface area (Å²) in [6.07, 6.45) is 2.71. The van der Waals surface area contributed by atoms with Gasteiger partial charge in [-0.1, -0.05) is 12.1 Å². The molecule has 0 unspecified atom stereocenters. The largest absolute Gasteiger partial charge is 0.342 e. The highest BCUT2D eigenvalue weighted by atomic mass is 19.2. The fourth-order valence-corrected chi connectivity index (χ4v) is 1.36. The maximum atomic E-state index is 13.2. The van der Waals surface area contributed by atoms with Crippen LogP contribution in [0.2, 0.25) is 0 Å². The Bertz CT molecular complexity index is 509. The second kappa shape index (κ2) is 4.22. The maximum absolute atomic E-state index is 13.2. The van der Waals surface area contributed by atoms with E-state index in [1.54, 1.807) is 0 Å². The molecule has 2 aromatic rings. The lowest BCUT2D eigenvalue weighted by molar-refractivity contribution is 0.0982. The van der Waals surface area contributed by atoms with Crippen molar-refractivity contribution >= 4 is 5.78 Å². The minimum Gasteiger partial charge on any atom is -0.342 e. The van der Waals surface area contributed by atoms with Crippen LogP contribution in [-0.2, 0) is 6.42 Å². The highest BCUT2D eigenvalue weighted by Crippen LogP contribution is 2.13. The number of H-pyrrole nitrogens is 1. The first-order chi connectivity index (χ1) is 7.68. The quantitative estimate of drug-likeness (QED) is 0.808. The summed E-state index contributed by atoms with van der Waals surface area (Å²) in [5.74, 6) is -2.18. The SMILES string of the molecule is O=C(Cc1cccc(F)c1F)c1ncc[nH]1. The molecule has 2 rings (SSSR count). The van der Waals surface area contributed by atoms with Crippen LogP contribution in [0, 0.1) is 11.6 Å². The van der Waals surface area contributed by atoms with Gasteiger partial charge in [0.15, 0.2) is 17.5 Å². The molecule has 5 heteroatoms. The number of carbonyl (C=O) groups is 1. The van der Waals surface area contributed by atoms with Crippen molar-refractivity contribution in [2.45, 2.75) is 6.42 Å². The summed E-state index contributed by atoms with van der Waals surface area (Å²) in [6.45, 7) is 0. The first-order valence-corrected chi connectivity index (χ1v) is 4.64. The van der Waals surface area contributed by atoms with Crippen LogP contribution in [0.3, 0.4) is 0 Å². The number of nitrogens with zero attached hydrogens (tertiary/aromatic N) is 1. The molecule has 3 nitrogen and oxygen atoms in total. The van der Waals surface area contributed by atoms with E-state index < -0.39 is 11.6 Å². The van der Waals surface area contributed by atoms with Gasteiger partial charge >= 0.3 is 0 Å². The summed E-state index contributed by atoms with van der Waals surface area (Å²) in [6, 6.07) is 3.75. The number of imidazole rings is 1. The highest BCUT2D eigenvalue weighted by Gasteiger charge is 2.14. The maximum Gasteiger partial charge on any atom is 0.202 e. The van der Waals surface area contributed by atoms with Crippen LogP contribution >= 0.6 is 0 Å². The van der Waals surface area contributed by atoms with Crippen LogP contribution in [0.1, 0.15) is 16.2 Å². The standard InChI is InChI=1S/C11H8F2N2O/c12-8-3-1-2-7(10(8)13)6-9(16)11-14-4-5-15-11/h1-5H,6H2,(H,14,15). The van der Waals surface area contributed by atoms with Crippen molar-refractivity contribution in [1.82, 2.24) is 9.97 Å². The molecular weight excluding hydrogens is 214 g/mol. The van der Waals surface area contributed by atoms with Gasteiger partial charge in [-0.15, -0.1) is 0 Å². The molecule has 1 aromatic carbocycles. The van der Waals surface area contributed by atoms with Crippen molar-refractivity contribution in [2.24, 2.45) is 0 Å². The zero-order chi connectivity index (χ0) is 11.5. The van der Waals surface area contributed by atoms with Crippen LogP contribution in [0.15, 0.2) is 30.6 Å². The molecule has 0 atom stereocenters. The average molecular weight is 222 g/mol. The van der Waals surface area contributed by atoms with Gasteiger partial charge in [-0.05, 0) is 11.6 Å². The first kappa shape index (κ1) is 10.5. The van der Waals surface area contributed by atoms with Crippen LogP contribution in [0.25, 0.3) is 0 Å². The fourth-order valence-electron chi connectivity index (χ4n) is 1.36. The van der Waals surface area contributed by atoms with Crippen molar-refractivity contribution in [2.75, 3.05) is 0 Å². The van der Waals surface area contributed by atoms with E-state index in [2.05, 4.69) is 9.97 Å². The van der Waals surface area contributed by atoms with Gasteiger partial charge in [0.1, 0.15) is 0 Å². The molecule has 0 saturated heterocycles. The van der Waals surface area contributed by atoms with Crippen LogP contribution in [-0.4, -0.2) is 15.8 Å². The van der Waals surface area contributed by atoms with Crippen molar-refractivity contribution in [3.8, 4) is 0 Å². The average Bonchev–Trinajstić information content (AvgIpc) is 2.78. The van der Waals surface area contributed by atoms with Crippen LogP contribution in [0.5, 0.6) is 0 Å². The number of hydrogen-bond donors (Lipinski definition) is 1. The van der Waals surface area contributed by atoms with Gasteiger partial charge in [0.05, 0.1) is 0 Å². The smallest absolute Gasteiger partial charge is 0.202 e. The van der Waals surface area contributed by atoms with Gasteiger partial charge in [-0.2, -0.15) is 0 Å². The molecule has 0 radical (unpaired) electrons. The molecule has 0 aliphatic rings. The Morgan fingerprint density at radius 3 is 2.88 bits per heavy atom. The second-order valence-electron chi connectivity index (χ2n) is 3.25. The summed E-state index contributed by atoms with van der Waals surface area (Å²) >= 11 is 0. The summed E-state index contributed by atoms with van der Waals surface area (Å²) in [7, 11) is 0. The minimum atomic E-state index is -0.984. The zero-order valence-electron chi connectivity index (χ0n) is 8.21. The number of aromatic amines is 1. The Kier molecular flexibility index (Phi) is 2.76. The normalized spacial score (nSPS) is 10.4. The van der Waals surface area contributed by atoms with Crippen molar-refractivity contribution < 1.29 is 13.6 Å². The van der Waals surface area contributed by atoms with Crippen molar-refractivity contribution in [1.29, 1.82) is 0 Å². The third-order valence-corrected chi connectivity index (χ3v) is 2.14. The minimum absolute atomic E-state index is 0.0291. The van der Waals surface area contributed by atoms with Crippen LogP contribution < -0.4 is 0 Å². The summed E-state index contributed by atoms with van der Waals surface area (Å²) < 4.78 is 26.1. The molecular formula is C11H8F2N2O. The van der Waals surface area contributed by atoms with Crippen molar-refractivity contribution in [3.63, 3.8) is 0 Å². The second-order valence-corrected chi connectivity index (χ2v) is 3.25. The zero-order valence-corrected chi connectivity index (χ0v) is 8.21. The number of hydrogen-bond acceptors (Lipinski definition) is 2. The lowest BCUT2D eigenvalue weighted by atomic mass is 10.1. The summed E-state index contributed by atoms with van der Waals surface area (Å²) in [5, 5.41) is 0. The fraction of sp³-hybridized carbons (Fsp3) is 0.0909. The monoisotopic (exact) mass is 222 g/mol. The number of carbonyl (C=O) groups excluding carboxylic acids is 1. The molecule has 0 aliphatic carbocycles. The van der Waals surface area contributed by atoms with E-state index in [9.17, 15) is 13.6 Å². The Morgan fingerprint density at radius 2 is 2.19 bits per heavy atom. The van der Waals surface area contributed by atoms with Gasteiger partial charge < -0.3 is 4.98 Å². The van der Waals surface area contributed by atoms with E-state index in [0.717, 1.165) is 6.07 Å². The summed E-state index contributed by atoms with van der Waals surface area (Å²) in [5.41, 5.74) is 0.0291. The molecule has 0 spiro atoms. The third kappa shape index (κ3) is 1.98. The van der Waals surface area contributed by atoms with E-state index in [1.165, 1.54) is 24.5 Å². The van der Waals surface area contributed by atoms with Gasteiger partial charge in [-0.25, -0.2) is 13.8 Å². The van der Waals surface area contributed by atoms with Gasteiger partial charge in [0.2, 0.25) is 5.78 Å². The Labute approximate surface area is 90.1 Å². The molecule has 0 aliphatic heterocycles. The van der Waals surface area contributed by atoms with Crippen LogP contribution in [0.4, 0.5) is 8.78 Å². The summed E-state index contributed by atoms with van der Waals surface area (Å²) in [4.78, 5) is 17.9. The molecule has 1 aromatic heterocycles. The molecule has 0 fully saturated rings. The topological polar surface area (TPSA) is 45.8 Å². The molecule has 16 heavy (non-hydrogen) atoms. The predicted octanol–water partition coefficient (Wildman–Crippen LogP) is 2.11. The van der Waals surface area contributed by atoms with E-state index in [-0.39, 0.29) is 23.6 Å². The number of ketones is 1. The Hall–Kier alpha value is -2.04. The molecule has 0 amide bonds. The molecule has 82 valence electrons. The lowest BCUT2D eigenvalue weighted by Crippen LogP contribution is -2.07. The third-order valence-electron chi connectivity index (χ3n) is 2.14. The highest BCUT2D eigenvalue weighted by molar-refractivity contribution is 5.94. The van der Waals surface area contributed by atoms with E-state index in [4.69, 9.17) is 0 Å². The number of halogens is 2. The van der Waals surface area contributed by atoms with E-state index in [1.807, 2.05) is 0 Å². The number of nitrogens with one attached hydrogen (secondary N) is 1. The van der Waals surface area contributed by atoms with E-state index >= 15 is 0 Å².